The van der Waals surface area contributed by atoms with Crippen LogP contribution in [0, 0.1) is 24.0 Å². The number of nitrogens with zero attached hydrogens (tertiary/aromatic N) is 3. The molecule has 2 N–H and O–H groups in total. The van der Waals surface area contributed by atoms with Crippen LogP contribution < -0.4 is 5.32 Å². The molecule has 1 amide bonds. The number of carbonyl (C=O) groups excluding carboxylic acids is 2. The van der Waals surface area contributed by atoms with E-state index in [1.165, 1.54) is 36.0 Å². The summed E-state index contributed by atoms with van der Waals surface area (Å²) < 4.78 is 34.4. The molecular formula is C36H38F2N4O5S. The molecule has 2 aromatic carbocycles. The number of piperazine rings is 1. The van der Waals surface area contributed by atoms with E-state index in [-0.39, 0.29) is 41.2 Å². The first kappa shape index (κ1) is 34.9. The fourth-order valence-corrected chi connectivity index (χ4v) is 7.20. The van der Waals surface area contributed by atoms with Crippen LogP contribution in [0.5, 0.6) is 0 Å². The highest BCUT2D eigenvalue weighted by molar-refractivity contribution is 8.02. The van der Waals surface area contributed by atoms with E-state index < -0.39 is 29.6 Å². The minimum atomic E-state index is -1.33. The molecule has 0 spiro atoms. The number of terminal acetylenes is 1. The number of amidine groups is 1. The van der Waals surface area contributed by atoms with Gasteiger partial charge in [0.05, 0.1) is 23.5 Å². The predicted octanol–water partition coefficient (Wildman–Crippen LogP) is 5.25. The van der Waals surface area contributed by atoms with E-state index in [2.05, 4.69) is 16.1 Å². The van der Waals surface area contributed by atoms with Gasteiger partial charge in [-0.2, -0.15) is 0 Å². The van der Waals surface area contributed by atoms with Crippen LogP contribution in [0.15, 0.2) is 64.1 Å². The first-order valence-electron chi connectivity index (χ1n) is 15.9. The number of thioether (sulfide) groups is 1. The van der Waals surface area contributed by atoms with Gasteiger partial charge in [-0.25, -0.2) is 18.4 Å². The summed E-state index contributed by atoms with van der Waals surface area (Å²) in [4.78, 5) is 47.1. The summed E-state index contributed by atoms with van der Waals surface area (Å²) >= 11 is 1.53. The van der Waals surface area contributed by atoms with E-state index in [4.69, 9.17) is 16.2 Å². The lowest BCUT2D eigenvalue weighted by atomic mass is 9.88. The van der Waals surface area contributed by atoms with Crippen LogP contribution in [0.3, 0.4) is 0 Å². The summed E-state index contributed by atoms with van der Waals surface area (Å²) in [5, 5.41) is 14.6. The van der Waals surface area contributed by atoms with Crippen LogP contribution in [0.25, 0.3) is 0 Å². The quantitative estimate of drug-likeness (QED) is 0.260. The average Bonchev–Trinajstić information content (AvgIpc) is 3.22. The van der Waals surface area contributed by atoms with Crippen molar-refractivity contribution in [3.63, 3.8) is 0 Å². The van der Waals surface area contributed by atoms with Crippen molar-refractivity contribution in [2.24, 2.45) is 4.99 Å². The SMILES string of the molecule is C#Cc1cc(F)ccc1[C@@H]1N=C(CS/C=C\C)NC(CN2CCN3C(=O)CCC(c4ccc(C(=O)O)c(F)c4)C[C@@H]3C2)=C1C(=O)OCC. The fourth-order valence-electron chi connectivity index (χ4n) is 6.61. The van der Waals surface area contributed by atoms with Crippen molar-refractivity contribution < 1.29 is 33.0 Å². The third-order valence-corrected chi connectivity index (χ3v) is 9.72. The summed E-state index contributed by atoms with van der Waals surface area (Å²) in [6.07, 6.45) is 9.10. The van der Waals surface area contributed by atoms with E-state index in [1.807, 2.05) is 23.3 Å². The normalized spacial score (nSPS) is 21.6. The zero-order chi connectivity index (χ0) is 34.4. The average molecular weight is 677 g/mol. The Labute approximate surface area is 283 Å². The minimum absolute atomic E-state index is 0.0283. The molecule has 1 unspecified atom stereocenters. The number of ether oxygens (including phenoxy) is 1. The molecule has 5 rings (SSSR count). The van der Waals surface area contributed by atoms with Crippen molar-refractivity contribution in [3.05, 3.63) is 93.0 Å². The number of amides is 1. The fraction of sp³-hybridized carbons (Fsp3) is 0.389. The molecule has 0 bridgehead atoms. The largest absolute Gasteiger partial charge is 0.478 e. The van der Waals surface area contributed by atoms with Gasteiger partial charge in [0.15, 0.2) is 0 Å². The molecule has 12 heteroatoms. The van der Waals surface area contributed by atoms with Crippen LogP contribution in [0.1, 0.15) is 72.1 Å². The first-order chi connectivity index (χ1) is 23.1. The zero-order valence-corrected chi connectivity index (χ0v) is 27.7. The highest BCUT2D eigenvalue weighted by atomic mass is 32.2. The van der Waals surface area contributed by atoms with E-state index in [0.29, 0.717) is 73.9 Å². The van der Waals surface area contributed by atoms with E-state index in [0.717, 1.165) is 0 Å². The number of aliphatic imine (C=N–C) groups is 1. The first-order valence-corrected chi connectivity index (χ1v) is 17.0. The van der Waals surface area contributed by atoms with E-state index in [1.54, 1.807) is 19.1 Å². The number of aromatic carboxylic acids is 1. The highest BCUT2D eigenvalue weighted by Gasteiger charge is 2.38. The van der Waals surface area contributed by atoms with Crippen LogP contribution in [0.4, 0.5) is 8.78 Å². The maximum absolute atomic E-state index is 14.6. The molecule has 0 aliphatic carbocycles. The number of benzene rings is 2. The Morgan fingerprint density at radius 3 is 2.75 bits per heavy atom. The molecule has 9 nitrogen and oxygen atoms in total. The minimum Gasteiger partial charge on any atom is -0.478 e. The Bertz CT molecular complexity index is 1720. The molecule has 3 aliphatic rings. The van der Waals surface area contributed by atoms with E-state index >= 15 is 0 Å². The number of hydrogen-bond acceptors (Lipinski definition) is 8. The van der Waals surface area contributed by atoms with Crippen molar-refractivity contribution in [2.75, 3.05) is 38.5 Å². The van der Waals surface area contributed by atoms with Crippen LogP contribution >= 0.6 is 11.8 Å². The topological polar surface area (TPSA) is 112 Å². The van der Waals surface area contributed by atoms with Crippen LogP contribution in [-0.2, 0) is 14.3 Å². The Kier molecular flexibility index (Phi) is 11.3. The maximum Gasteiger partial charge on any atom is 0.338 e. The number of carboxylic acids is 1. The predicted molar refractivity (Wildman–Crippen MR) is 180 cm³/mol. The molecule has 2 saturated heterocycles. The highest BCUT2D eigenvalue weighted by Crippen LogP contribution is 2.37. The molecule has 0 aromatic heterocycles. The van der Waals surface area contributed by atoms with Gasteiger partial charge in [-0.3, -0.25) is 14.7 Å². The standard InChI is InChI=1S/C36H38F2N4O5S/c1-4-15-48-21-31-39-30(33(36(46)47-6-3)34(40-31)27-11-9-25(37)16-22(27)5-2)20-41-13-14-42-26(19-41)17-23(8-12-32(42)43)24-7-10-28(35(44)45)29(38)18-24/h2,4,7,9-11,15-16,18,23,26,34H,6,8,12-14,17,19-21H2,1,3H3,(H,39,40)(H,44,45)/b15-4-/t23?,26-,34+/m1/s1. The summed E-state index contributed by atoms with van der Waals surface area (Å²) in [5.74, 6) is 0.343. The third kappa shape index (κ3) is 7.80. The number of fused-ring (bicyclic) bond motifs is 1. The lowest BCUT2D eigenvalue weighted by Gasteiger charge is -2.42. The van der Waals surface area contributed by atoms with Crippen molar-refractivity contribution in [1.29, 1.82) is 0 Å². The molecule has 3 heterocycles. The number of halogens is 2. The van der Waals surface area contributed by atoms with Gasteiger partial charge in [0, 0.05) is 49.9 Å². The Hall–Kier alpha value is -4.47. The van der Waals surface area contributed by atoms with Gasteiger partial charge in [0.25, 0.3) is 0 Å². The molecule has 2 fully saturated rings. The number of rotatable bonds is 10. The Morgan fingerprint density at radius 1 is 1.23 bits per heavy atom. The summed E-state index contributed by atoms with van der Waals surface area (Å²) in [5.41, 5.74) is 1.95. The molecule has 3 atom stereocenters. The van der Waals surface area contributed by atoms with Gasteiger partial charge in [-0.15, -0.1) is 18.2 Å². The third-order valence-electron chi connectivity index (χ3n) is 8.82. The molecule has 0 radical (unpaired) electrons. The Morgan fingerprint density at radius 2 is 2.04 bits per heavy atom. The molecule has 2 aromatic rings. The van der Waals surface area contributed by atoms with Crippen molar-refractivity contribution >= 4 is 35.4 Å². The number of carbonyl (C=O) groups is 3. The number of hydrogen-bond donors (Lipinski definition) is 2. The summed E-state index contributed by atoms with van der Waals surface area (Å²) in [6, 6.07) is 7.27. The second-order valence-electron chi connectivity index (χ2n) is 11.9. The number of nitrogens with one attached hydrogen (secondary N) is 1. The van der Waals surface area contributed by atoms with Crippen molar-refractivity contribution in [3.8, 4) is 12.3 Å². The Balaban J connectivity index is 1.46. The number of allylic oxidation sites excluding steroid dienone is 1. The van der Waals surface area contributed by atoms with Gasteiger partial charge >= 0.3 is 11.9 Å². The van der Waals surface area contributed by atoms with Gasteiger partial charge < -0.3 is 20.1 Å². The number of carboxylic acid groups (broad SMARTS) is 1. The lowest BCUT2D eigenvalue weighted by molar-refractivity contribution is -0.139. The van der Waals surface area contributed by atoms with Crippen LogP contribution in [0.2, 0.25) is 0 Å². The van der Waals surface area contributed by atoms with Gasteiger partial charge in [0.2, 0.25) is 5.91 Å². The van der Waals surface area contributed by atoms with Gasteiger partial charge in [-0.05, 0) is 73.4 Å². The lowest BCUT2D eigenvalue weighted by Crippen LogP contribution is -2.55. The van der Waals surface area contributed by atoms with Crippen molar-refractivity contribution in [2.45, 2.75) is 51.1 Å². The van der Waals surface area contributed by atoms with Crippen LogP contribution in [-0.4, -0.2) is 83.2 Å². The maximum atomic E-state index is 14.6. The molecule has 3 aliphatic heterocycles. The zero-order valence-electron chi connectivity index (χ0n) is 26.9. The van der Waals surface area contributed by atoms with Gasteiger partial charge in [0.1, 0.15) is 23.5 Å². The molecular weight excluding hydrogens is 638 g/mol. The van der Waals surface area contributed by atoms with Gasteiger partial charge in [-0.1, -0.05) is 24.1 Å². The van der Waals surface area contributed by atoms with Crippen molar-refractivity contribution in [1.82, 2.24) is 15.1 Å². The van der Waals surface area contributed by atoms with E-state index in [9.17, 15) is 28.3 Å². The second-order valence-corrected chi connectivity index (χ2v) is 12.8. The monoisotopic (exact) mass is 676 g/mol. The second kappa shape index (κ2) is 15.6. The smallest absolute Gasteiger partial charge is 0.338 e. The molecule has 252 valence electrons. The molecule has 0 saturated carbocycles. The number of esters is 1. The molecule has 48 heavy (non-hydrogen) atoms. The summed E-state index contributed by atoms with van der Waals surface area (Å²) in [7, 11) is 0. The summed E-state index contributed by atoms with van der Waals surface area (Å²) in [6.45, 7) is 5.61.